The van der Waals surface area contributed by atoms with Crippen molar-refractivity contribution in [2.24, 2.45) is 5.92 Å². The van der Waals surface area contributed by atoms with Gasteiger partial charge in [0.05, 0.1) is 31.1 Å². The molecule has 6 nitrogen and oxygen atoms in total. The lowest BCUT2D eigenvalue weighted by molar-refractivity contribution is -0.123. The van der Waals surface area contributed by atoms with Gasteiger partial charge in [0.2, 0.25) is 5.88 Å². The molecule has 0 spiro atoms. The van der Waals surface area contributed by atoms with Crippen molar-refractivity contribution < 1.29 is 23.4 Å². The van der Waals surface area contributed by atoms with Crippen LogP contribution in [0, 0.1) is 25.6 Å². The molecule has 4 heterocycles. The summed E-state index contributed by atoms with van der Waals surface area (Å²) in [5, 5.41) is 3.32. The van der Waals surface area contributed by atoms with Gasteiger partial charge in [-0.25, -0.2) is 9.37 Å². The number of fused-ring (bicyclic) bond motifs is 2. The molecule has 0 bridgehead atoms. The summed E-state index contributed by atoms with van der Waals surface area (Å²) in [5.74, 6) is 0.157. The highest BCUT2D eigenvalue weighted by molar-refractivity contribution is 6.10. The number of carbonyl (C=O) groups is 1. The summed E-state index contributed by atoms with van der Waals surface area (Å²) in [7, 11) is 1.54. The number of carbonyl (C=O) groups excluding carboxylic acids is 1. The fourth-order valence-corrected chi connectivity index (χ4v) is 4.99. The van der Waals surface area contributed by atoms with Crippen molar-refractivity contribution in [3.8, 4) is 17.0 Å². The van der Waals surface area contributed by atoms with E-state index in [2.05, 4.69) is 10.3 Å². The fourth-order valence-electron chi connectivity index (χ4n) is 4.99. The van der Waals surface area contributed by atoms with Crippen molar-refractivity contribution in [2.45, 2.75) is 26.4 Å². The van der Waals surface area contributed by atoms with Gasteiger partial charge >= 0.3 is 0 Å². The number of aryl methyl sites for hydroxylation is 2. The van der Waals surface area contributed by atoms with Crippen molar-refractivity contribution >= 4 is 17.0 Å². The van der Waals surface area contributed by atoms with Gasteiger partial charge in [0.1, 0.15) is 12.4 Å². The standard InChI is InChI=1S/C24H25FN2O4/c1-12-8-13(2)27-24(29-3)19(12)21-17(25)5-4-15-20-16(9-26-22(15)21)18(28)11-31-23(20)14-6-7-30-10-14/h4-5,8,14,23,26H,6-7,9-11H2,1-3H3/t14?,23-/m0/s1. The molecule has 3 aliphatic heterocycles. The van der Waals surface area contributed by atoms with Crippen molar-refractivity contribution in [3.63, 3.8) is 0 Å². The molecule has 0 radical (unpaired) electrons. The van der Waals surface area contributed by atoms with Crippen molar-refractivity contribution in [3.05, 3.63) is 46.4 Å². The van der Waals surface area contributed by atoms with Gasteiger partial charge in [-0.2, -0.15) is 0 Å². The first-order chi connectivity index (χ1) is 15.0. The van der Waals surface area contributed by atoms with E-state index in [4.69, 9.17) is 14.2 Å². The van der Waals surface area contributed by atoms with Gasteiger partial charge in [0.15, 0.2) is 5.78 Å². The first kappa shape index (κ1) is 20.2. The second-order valence-corrected chi connectivity index (χ2v) is 8.33. The van der Waals surface area contributed by atoms with Gasteiger partial charge in [-0.05, 0) is 49.6 Å². The zero-order chi connectivity index (χ0) is 21.7. The molecule has 7 heteroatoms. The Balaban J connectivity index is 1.73. The Kier molecular flexibility index (Phi) is 5.02. The summed E-state index contributed by atoms with van der Waals surface area (Å²) in [6.45, 7) is 5.49. The molecule has 0 amide bonds. The first-order valence-electron chi connectivity index (χ1n) is 10.5. The highest BCUT2D eigenvalue weighted by Crippen LogP contribution is 2.47. The number of methoxy groups -OCH3 is 1. The molecule has 1 unspecified atom stereocenters. The van der Waals surface area contributed by atoms with Crippen LogP contribution in [0.5, 0.6) is 5.88 Å². The number of Topliss-reactive ketones (excluding diaryl/α,β-unsaturated/α-hetero) is 1. The summed E-state index contributed by atoms with van der Waals surface area (Å²) in [4.78, 5) is 17.1. The molecule has 3 aliphatic rings. The Hall–Kier alpha value is -2.77. The summed E-state index contributed by atoms with van der Waals surface area (Å²) in [6.07, 6.45) is 0.634. The van der Waals surface area contributed by atoms with Gasteiger partial charge in [-0.3, -0.25) is 4.79 Å². The van der Waals surface area contributed by atoms with E-state index in [9.17, 15) is 4.79 Å². The van der Waals surface area contributed by atoms with E-state index in [0.29, 0.717) is 42.5 Å². The molecule has 31 heavy (non-hydrogen) atoms. The average Bonchev–Trinajstić information content (AvgIpc) is 3.28. The zero-order valence-electron chi connectivity index (χ0n) is 17.9. The van der Waals surface area contributed by atoms with Crippen LogP contribution in [0.15, 0.2) is 23.8 Å². The summed E-state index contributed by atoms with van der Waals surface area (Å²) < 4.78 is 32.4. The minimum atomic E-state index is -0.369. The zero-order valence-corrected chi connectivity index (χ0v) is 17.9. The number of benzene rings is 1. The third kappa shape index (κ3) is 3.23. The second kappa shape index (κ2) is 7.73. The van der Waals surface area contributed by atoms with E-state index in [1.54, 1.807) is 6.07 Å². The number of aromatic nitrogens is 1. The molecule has 1 saturated heterocycles. The Morgan fingerprint density at radius 3 is 2.84 bits per heavy atom. The van der Waals surface area contributed by atoms with Crippen LogP contribution in [0.1, 0.15) is 23.2 Å². The van der Waals surface area contributed by atoms with Crippen LogP contribution in [0.2, 0.25) is 0 Å². The van der Waals surface area contributed by atoms with Gasteiger partial charge in [0, 0.05) is 41.5 Å². The van der Waals surface area contributed by atoms with Crippen molar-refractivity contribution in [2.75, 3.05) is 38.8 Å². The number of pyridine rings is 1. The second-order valence-electron chi connectivity index (χ2n) is 8.33. The minimum absolute atomic E-state index is 0.0278. The lowest BCUT2D eigenvalue weighted by Gasteiger charge is -2.36. The third-order valence-corrected chi connectivity index (χ3v) is 6.37. The number of ether oxygens (including phenoxy) is 3. The molecular formula is C24H25FN2O4. The molecule has 162 valence electrons. The van der Waals surface area contributed by atoms with Crippen LogP contribution in [-0.2, 0) is 14.3 Å². The predicted molar refractivity (Wildman–Crippen MR) is 115 cm³/mol. The van der Waals surface area contributed by atoms with Crippen LogP contribution in [0.25, 0.3) is 16.7 Å². The largest absolute Gasteiger partial charge is 0.481 e. The molecule has 2 aromatic rings. The van der Waals surface area contributed by atoms with E-state index >= 15 is 4.39 Å². The average molecular weight is 424 g/mol. The summed E-state index contributed by atoms with van der Waals surface area (Å²) >= 11 is 0. The third-order valence-electron chi connectivity index (χ3n) is 6.37. The lowest BCUT2D eigenvalue weighted by Crippen LogP contribution is -2.38. The minimum Gasteiger partial charge on any atom is -0.481 e. The molecule has 1 aromatic carbocycles. The van der Waals surface area contributed by atoms with Gasteiger partial charge in [-0.15, -0.1) is 0 Å². The molecular weight excluding hydrogens is 399 g/mol. The Bertz CT molecular complexity index is 1110. The Morgan fingerprint density at radius 1 is 1.26 bits per heavy atom. The maximum Gasteiger partial charge on any atom is 0.221 e. The summed E-state index contributed by atoms with van der Waals surface area (Å²) in [6, 6.07) is 5.10. The van der Waals surface area contributed by atoms with E-state index in [-0.39, 0.29) is 30.2 Å². The van der Waals surface area contributed by atoms with Crippen LogP contribution >= 0.6 is 0 Å². The highest BCUT2D eigenvalue weighted by atomic mass is 19.1. The number of rotatable bonds is 3. The first-order valence-corrected chi connectivity index (χ1v) is 10.5. The number of nitrogens with zero attached hydrogens (tertiary/aromatic N) is 1. The molecule has 1 N–H and O–H groups in total. The Morgan fingerprint density at radius 2 is 2.10 bits per heavy atom. The Labute approximate surface area is 180 Å². The van der Waals surface area contributed by atoms with Crippen LogP contribution < -0.4 is 10.1 Å². The van der Waals surface area contributed by atoms with E-state index in [1.807, 2.05) is 19.9 Å². The van der Waals surface area contributed by atoms with Crippen LogP contribution in [0.3, 0.4) is 0 Å². The highest BCUT2D eigenvalue weighted by Gasteiger charge is 2.40. The van der Waals surface area contributed by atoms with Gasteiger partial charge in [0.25, 0.3) is 0 Å². The predicted octanol–water partition coefficient (Wildman–Crippen LogP) is 3.70. The summed E-state index contributed by atoms with van der Waals surface area (Å²) in [5.41, 5.74) is 5.71. The monoisotopic (exact) mass is 424 g/mol. The van der Waals surface area contributed by atoms with Crippen LogP contribution in [-0.4, -0.2) is 50.3 Å². The van der Waals surface area contributed by atoms with Gasteiger partial charge < -0.3 is 19.5 Å². The molecule has 2 atom stereocenters. The van der Waals surface area contributed by atoms with Gasteiger partial charge in [-0.1, -0.05) is 0 Å². The van der Waals surface area contributed by atoms with E-state index in [1.165, 1.54) is 13.2 Å². The molecule has 5 rings (SSSR count). The number of anilines is 1. The topological polar surface area (TPSA) is 69.7 Å². The normalized spacial score (nSPS) is 22.8. The van der Waals surface area contributed by atoms with E-state index in [0.717, 1.165) is 34.4 Å². The molecule has 0 saturated carbocycles. The van der Waals surface area contributed by atoms with Crippen molar-refractivity contribution in [1.82, 2.24) is 4.98 Å². The number of nitrogens with one attached hydrogen (secondary N) is 1. The quantitative estimate of drug-likeness (QED) is 0.810. The van der Waals surface area contributed by atoms with Crippen molar-refractivity contribution in [1.29, 1.82) is 0 Å². The number of hydrogen-bond donors (Lipinski definition) is 1. The molecule has 1 aromatic heterocycles. The SMILES string of the molecule is COc1nc(C)cc(C)c1-c1c(F)ccc2c1NCC1=C2[C@H](C2CCOC2)OCC1=O. The fraction of sp³-hybridized carbons (Fsp3) is 0.417. The number of halogens is 1. The lowest BCUT2D eigenvalue weighted by atomic mass is 9.80. The van der Waals surface area contributed by atoms with Crippen LogP contribution in [0.4, 0.5) is 10.1 Å². The molecule has 0 aliphatic carbocycles. The molecule has 1 fully saturated rings. The van der Waals surface area contributed by atoms with E-state index < -0.39 is 0 Å². The number of hydrogen-bond acceptors (Lipinski definition) is 6. The number of ketones is 1. The maximum atomic E-state index is 15.3. The smallest absolute Gasteiger partial charge is 0.221 e. The maximum absolute atomic E-state index is 15.3.